The first-order chi connectivity index (χ1) is 22.8. The molecule has 1 amide bonds. The summed E-state index contributed by atoms with van der Waals surface area (Å²) in [6.07, 6.45) is 30.0. The number of hydrogen-bond donors (Lipinski definition) is 5. The zero-order valence-corrected chi connectivity index (χ0v) is 31.5. The number of carbonyl (C=O) groups is 1. The minimum absolute atomic E-state index is 0.0623. The second kappa shape index (κ2) is 33.9. The molecule has 4 unspecified atom stereocenters. The average molecular weight is 693 g/mol. The van der Waals surface area contributed by atoms with Crippen LogP contribution in [0.2, 0.25) is 0 Å². The molecule has 0 saturated carbocycles. The van der Waals surface area contributed by atoms with Crippen molar-refractivity contribution in [1.82, 2.24) is 5.32 Å². The molecule has 0 aliphatic carbocycles. The van der Waals surface area contributed by atoms with Gasteiger partial charge in [0.1, 0.15) is 0 Å². The van der Waals surface area contributed by atoms with Crippen LogP contribution in [0.3, 0.4) is 0 Å². The Kier molecular flexibility index (Phi) is 33.5. The van der Waals surface area contributed by atoms with Gasteiger partial charge < -0.3 is 26.2 Å². The van der Waals surface area contributed by atoms with Crippen LogP contribution in [0, 0.1) is 0 Å². The van der Waals surface area contributed by atoms with Crippen molar-refractivity contribution < 1.29 is 33.5 Å². The van der Waals surface area contributed by atoms with Crippen LogP contribution in [-0.2, 0) is 18.4 Å². The lowest BCUT2D eigenvalue weighted by molar-refractivity contribution is -0.125. The molecule has 0 aliphatic heterocycles. The van der Waals surface area contributed by atoms with E-state index in [1.54, 1.807) is 0 Å². The molecular weight excluding hydrogens is 615 g/mol. The Balaban J connectivity index is 4.32. The standard InChI is InChI=1S/C37H77N2O7P/c1-3-5-7-9-11-13-15-17-18-20-22-24-26-28-34(40)32-37(42)39-35(33-46-47(43,44)45-31-30-38)36(41)29-27-25-23-21-19-16-14-12-10-8-6-4-2/h34-36,40-41H,3-33,38H2,1-2H3,(H,39,42)(H,43,44). The highest BCUT2D eigenvalue weighted by Crippen LogP contribution is 2.43. The molecule has 0 rings (SSSR count). The Hall–Kier alpha value is -0.540. The van der Waals surface area contributed by atoms with E-state index in [0.717, 1.165) is 38.5 Å². The average Bonchev–Trinajstić information content (AvgIpc) is 3.04. The highest BCUT2D eigenvalue weighted by atomic mass is 31.2. The van der Waals surface area contributed by atoms with Gasteiger partial charge in [0, 0.05) is 6.54 Å². The van der Waals surface area contributed by atoms with E-state index in [9.17, 15) is 24.5 Å². The van der Waals surface area contributed by atoms with E-state index in [-0.39, 0.29) is 26.2 Å². The first-order valence-electron chi connectivity index (χ1n) is 19.7. The fraction of sp³-hybridized carbons (Fsp3) is 0.973. The number of nitrogens with two attached hydrogens (primary N) is 1. The number of rotatable bonds is 37. The van der Waals surface area contributed by atoms with Crippen molar-refractivity contribution >= 4 is 13.7 Å². The van der Waals surface area contributed by atoms with Gasteiger partial charge in [0.05, 0.1) is 37.9 Å². The van der Waals surface area contributed by atoms with Crippen LogP contribution in [-0.4, -0.2) is 59.0 Å². The van der Waals surface area contributed by atoms with Gasteiger partial charge in [-0.05, 0) is 12.8 Å². The maximum atomic E-state index is 12.8. The van der Waals surface area contributed by atoms with Crippen molar-refractivity contribution in [3.8, 4) is 0 Å². The van der Waals surface area contributed by atoms with Gasteiger partial charge in [-0.15, -0.1) is 0 Å². The molecule has 0 radical (unpaired) electrons. The van der Waals surface area contributed by atoms with Crippen LogP contribution in [0.1, 0.15) is 194 Å². The summed E-state index contributed by atoms with van der Waals surface area (Å²) >= 11 is 0. The van der Waals surface area contributed by atoms with Crippen molar-refractivity contribution in [2.75, 3.05) is 19.8 Å². The maximum Gasteiger partial charge on any atom is 0.472 e. The molecule has 0 bridgehead atoms. The summed E-state index contributed by atoms with van der Waals surface area (Å²) in [7, 11) is -4.36. The Morgan fingerprint density at radius 1 is 0.638 bits per heavy atom. The third-order valence-electron chi connectivity index (χ3n) is 9.02. The van der Waals surface area contributed by atoms with Crippen LogP contribution in [0.4, 0.5) is 0 Å². The monoisotopic (exact) mass is 693 g/mol. The Labute approximate surface area is 289 Å². The molecule has 9 nitrogen and oxygen atoms in total. The number of hydrogen-bond acceptors (Lipinski definition) is 7. The molecule has 0 aliphatic rings. The zero-order valence-electron chi connectivity index (χ0n) is 30.7. The summed E-state index contributed by atoms with van der Waals surface area (Å²) in [5.74, 6) is -0.412. The van der Waals surface area contributed by atoms with Gasteiger partial charge in [0.15, 0.2) is 0 Å². The van der Waals surface area contributed by atoms with E-state index in [4.69, 9.17) is 14.8 Å². The molecule has 10 heteroatoms. The number of amides is 1. The molecule has 282 valence electrons. The van der Waals surface area contributed by atoms with E-state index in [1.807, 2.05) is 0 Å². The summed E-state index contributed by atoms with van der Waals surface area (Å²) in [5.41, 5.74) is 5.35. The molecule has 0 aromatic heterocycles. The van der Waals surface area contributed by atoms with Crippen molar-refractivity contribution in [2.45, 2.75) is 212 Å². The van der Waals surface area contributed by atoms with Gasteiger partial charge in [-0.25, -0.2) is 4.57 Å². The molecule has 0 aromatic carbocycles. The number of carbonyl (C=O) groups excluding carboxylic acids is 1. The second-order valence-corrected chi connectivity index (χ2v) is 15.1. The molecule has 0 fully saturated rings. The van der Waals surface area contributed by atoms with Crippen LogP contribution in [0.5, 0.6) is 0 Å². The quantitative estimate of drug-likeness (QED) is 0.0319. The lowest BCUT2D eigenvalue weighted by Crippen LogP contribution is -2.47. The van der Waals surface area contributed by atoms with E-state index >= 15 is 0 Å². The molecule has 6 N–H and O–H groups in total. The first kappa shape index (κ1) is 46.5. The molecule has 4 atom stereocenters. The Bertz CT molecular complexity index is 731. The zero-order chi connectivity index (χ0) is 34.9. The highest BCUT2D eigenvalue weighted by Gasteiger charge is 2.28. The van der Waals surface area contributed by atoms with Gasteiger partial charge in [-0.1, -0.05) is 174 Å². The maximum absolute atomic E-state index is 12.8. The smallest absolute Gasteiger partial charge is 0.393 e. The molecule has 0 spiro atoms. The molecule has 47 heavy (non-hydrogen) atoms. The molecular formula is C37H77N2O7P. The fourth-order valence-corrected chi connectivity index (χ4v) is 6.76. The summed E-state index contributed by atoms with van der Waals surface area (Å²) in [6.45, 7) is 4.04. The van der Waals surface area contributed by atoms with E-state index < -0.39 is 32.0 Å². The number of phosphoric ester groups is 1. The minimum atomic E-state index is -4.36. The Morgan fingerprint density at radius 3 is 1.43 bits per heavy atom. The van der Waals surface area contributed by atoms with Crippen molar-refractivity contribution in [3.05, 3.63) is 0 Å². The number of nitrogens with one attached hydrogen (secondary N) is 1. The number of unbranched alkanes of at least 4 members (excludes halogenated alkanes) is 23. The predicted octanol–water partition coefficient (Wildman–Crippen LogP) is 9.25. The normalized spacial score (nSPS) is 14.9. The van der Waals surface area contributed by atoms with E-state index in [1.165, 1.54) is 122 Å². The third kappa shape index (κ3) is 32.4. The van der Waals surface area contributed by atoms with Gasteiger partial charge in [-0.2, -0.15) is 0 Å². The molecule has 0 saturated heterocycles. The third-order valence-corrected chi connectivity index (χ3v) is 10.00. The van der Waals surface area contributed by atoms with Crippen LogP contribution in [0.15, 0.2) is 0 Å². The number of aliphatic hydroxyl groups excluding tert-OH is 2. The van der Waals surface area contributed by atoms with E-state index in [2.05, 4.69) is 19.2 Å². The largest absolute Gasteiger partial charge is 0.472 e. The van der Waals surface area contributed by atoms with Crippen LogP contribution < -0.4 is 11.1 Å². The van der Waals surface area contributed by atoms with Crippen molar-refractivity contribution in [2.24, 2.45) is 5.73 Å². The number of phosphoric acid groups is 1. The first-order valence-corrected chi connectivity index (χ1v) is 21.2. The van der Waals surface area contributed by atoms with Gasteiger partial charge in [0.2, 0.25) is 5.91 Å². The lowest BCUT2D eigenvalue weighted by atomic mass is 10.0. The topological polar surface area (TPSA) is 151 Å². The SMILES string of the molecule is CCCCCCCCCCCCCCCC(O)CC(=O)NC(COP(=O)(O)OCCN)C(O)CCCCCCCCCCCCCC. The predicted molar refractivity (Wildman–Crippen MR) is 195 cm³/mol. The van der Waals surface area contributed by atoms with Gasteiger partial charge in [0.25, 0.3) is 0 Å². The van der Waals surface area contributed by atoms with Gasteiger partial charge >= 0.3 is 7.82 Å². The van der Waals surface area contributed by atoms with E-state index in [0.29, 0.717) is 12.8 Å². The van der Waals surface area contributed by atoms with Crippen LogP contribution >= 0.6 is 7.82 Å². The van der Waals surface area contributed by atoms with Crippen molar-refractivity contribution in [3.63, 3.8) is 0 Å². The summed E-state index contributed by atoms with van der Waals surface area (Å²) in [5, 5.41) is 24.1. The number of aliphatic hydroxyl groups is 2. The molecule has 0 heterocycles. The summed E-state index contributed by atoms with van der Waals surface area (Å²) in [4.78, 5) is 22.7. The van der Waals surface area contributed by atoms with Crippen LogP contribution in [0.25, 0.3) is 0 Å². The summed E-state index contributed by atoms with van der Waals surface area (Å²) in [6, 6.07) is -0.888. The minimum Gasteiger partial charge on any atom is -0.393 e. The Morgan fingerprint density at radius 2 is 1.02 bits per heavy atom. The highest BCUT2D eigenvalue weighted by molar-refractivity contribution is 7.47. The fourth-order valence-electron chi connectivity index (χ4n) is 6.00. The van der Waals surface area contributed by atoms with Crippen molar-refractivity contribution in [1.29, 1.82) is 0 Å². The van der Waals surface area contributed by atoms with Gasteiger partial charge in [-0.3, -0.25) is 13.8 Å². The second-order valence-electron chi connectivity index (χ2n) is 13.7. The molecule has 0 aromatic rings. The summed E-state index contributed by atoms with van der Waals surface area (Å²) < 4.78 is 22.0. The lowest BCUT2D eigenvalue weighted by Gasteiger charge is -2.25.